The highest BCUT2D eigenvalue weighted by Gasteiger charge is 2.16. The fourth-order valence-electron chi connectivity index (χ4n) is 1.95. The van der Waals surface area contributed by atoms with E-state index in [1.165, 1.54) is 5.56 Å². The average molecular weight is 323 g/mol. The van der Waals surface area contributed by atoms with Crippen molar-refractivity contribution in [1.29, 1.82) is 0 Å². The molecule has 0 radical (unpaired) electrons. The van der Waals surface area contributed by atoms with Gasteiger partial charge in [0.15, 0.2) is 0 Å². The van der Waals surface area contributed by atoms with Crippen molar-refractivity contribution in [2.75, 3.05) is 0 Å². The van der Waals surface area contributed by atoms with Crippen LogP contribution < -0.4 is 0 Å². The molecule has 0 saturated carbocycles. The summed E-state index contributed by atoms with van der Waals surface area (Å²) in [5.74, 6) is 0.584. The van der Waals surface area contributed by atoms with Gasteiger partial charge in [0.05, 0.1) is 3.79 Å². The van der Waals surface area contributed by atoms with Gasteiger partial charge >= 0.3 is 0 Å². The zero-order valence-electron chi connectivity index (χ0n) is 9.68. The van der Waals surface area contributed by atoms with Crippen LogP contribution in [0.15, 0.2) is 43.9 Å². The number of rotatable bonds is 2. The van der Waals surface area contributed by atoms with E-state index in [1.807, 2.05) is 36.6 Å². The third-order valence-electron chi connectivity index (χ3n) is 2.86. The van der Waals surface area contributed by atoms with Crippen LogP contribution in [0.1, 0.15) is 23.0 Å². The number of aliphatic hydroxyl groups is 1. The molecule has 1 atom stereocenters. The summed E-state index contributed by atoms with van der Waals surface area (Å²) in [6.45, 7) is 2.04. The summed E-state index contributed by atoms with van der Waals surface area (Å²) < 4.78 is 6.69. The smallest absolute Gasteiger partial charge is 0.138 e. The molecule has 0 aliphatic heterocycles. The molecular weight excluding hydrogens is 312 g/mol. The highest BCUT2D eigenvalue weighted by atomic mass is 79.9. The highest BCUT2D eigenvalue weighted by molar-refractivity contribution is 9.11. The Balaban J connectivity index is 2.03. The van der Waals surface area contributed by atoms with Gasteiger partial charge in [-0.25, -0.2) is 0 Å². The molecule has 3 rings (SSSR count). The molecule has 2 nitrogen and oxygen atoms in total. The summed E-state index contributed by atoms with van der Waals surface area (Å²) in [7, 11) is 0. The normalized spacial score (nSPS) is 13.1. The fraction of sp³-hybridized carbons (Fsp3) is 0.143. The van der Waals surface area contributed by atoms with Crippen molar-refractivity contribution in [3.8, 4) is 0 Å². The number of fused-ring (bicyclic) bond motifs is 1. The number of aryl methyl sites for hydroxylation is 1. The molecule has 0 saturated heterocycles. The lowest BCUT2D eigenvalue weighted by atomic mass is 10.1. The van der Waals surface area contributed by atoms with Gasteiger partial charge in [0, 0.05) is 5.39 Å². The lowest BCUT2D eigenvalue weighted by Gasteiger charge is -2.03. The van der Waals surface area contributed by atoms with Gasteiger partial charge in [0.25, 0.3) is 0 Å². The molecule has 4 heteroatoms. The number of aliphatic hydroxyl groups excluding tert-OH is 1. The molecular formula is C14H11BrO2S. The van der Waals surface area contributed by atoms with Crippen molar-refractivity contribution in [1.82, 2.24) is 0 Å². The summed E-state index contributed by atoms with van der Waals surface area (Å²) >= 11 is 4.95. The van der Waals surface area contributed by atoms with Gasteiger partial charge in [0.2, 0.25) is 0 Å². The Kier molecular flexibility index (Phi) is 3.01. The van der Waals surface area contributed by atoms with Crippen LogP contribution in [0.25, 0.3) is 11.0 Å². The molecule has 1 N–H and O–H groups in total. The summed E-state index contributed by atoms with van der Waals surface area (Å²) in [4.78, 5) is 0. The monoisotopic (exact) mass is 322 g/mol. The van der Waals surface area contributed by atoms with Gasteiger partial charge in [0.1, 0.15) is 17.4 Å². The Bertz CT molecular complexity index is 699. The quantitative estimate of drug-likeness (QED) is 0.745. The zero-order valence-corrected chi connectivity index (χ0v) is 12.1. The topological polar surface area (TPSA) is 33.4 Å². The van der Waals surface area contributed by atoms with Crippen molar-refractivity contribution >= 4 is 38.2 Å². The summed E-state index contributed by atoms with van der Waals surface area (Å²) in [6, 6.07) is 9.80. The van der Waals surface area contributed by atoms with Crippen molar-refractivity contribution in [3.63, 3.8) is 0 Å². The fourth-order valence-corrected chi connectivity index (χ4v) is 3.14. The molecule has 2 aromatic heterocycles. The van der Waals surface area contributed by atoms with Crippen LogP contribution in [0.3, 0.4) is 0 Å². The number of hydrogen-bond acceptors (Lipinski definition) is 3. The Hall–Kier alpha value is -1.10. The van der Waals surface area contributed by atoms with Crippen LogP contribution in [-0.2, 0) is 0 Å². The standard InChI is InChI=1S/C14H11BrO2S/c1-8-2-3-11-9(4-8)5-12(17-11)14(16)10-6-13(15)18-7-10/h2-7,14,16H,1H3. The predicted octanol–water partition coefficient (Wildman–Crippen LogP) is 4.65. The Labute approximate surface area is 117 Å². The third-order valence-corrected chi connectivity index (χ3v) is 4.39. The minimum Gasteiger partial charge on any atom is -0.458 e. The van der Waals surface area contributed by atoms with Gasteiger partial charge in [-0.15, -0.1) is 11.3 Å². The summed E-state index contributed by atoms with van der Waals surface area (Å²) in [5, 5.41) is 13.2. The van der Waals surface area contributed by atoms with Crippen molar-refractivity contribution in [2.24, 2.45) is 0 Å². The average Bonchev–Trinajstić information content (AvgIpc) is 2.93. The van der Waals surface area contributed by atoms with Crippen molar-refractivity contribution < 1.29 is 9.52 Å². The van der Waals surface area contributed by atoms with Crippen LogP contribution in [-0.4, -0.2) is 5.11 Å². The van der Waals surface area contributed by atoms with Crippen LogP contribution in [0.5, 0.6) is 0 Å². The van der Waals surface area contributed by atoms with E-state index in [0.29, 0.717) is 5.76 Å². The van der Waals surface area contributed by atoms with Crippen LogP contribution in [0.4, 0.5) is 0 Å². The SMILES string of the molecule is Cc1ccc2oc(C(O)c3csc(Br)c3)cc2c1. The first-order chi connectivity index (χ1) is 8.63. The van der Waals surface area contributed by atoms with Gasteiger partial charge in [-0.3, -0.25) is 0 Å². The van der Waals surface area contributed by atoms with Gasteiger partial charge < -0.3 is 9.52 Å². The third kappa shape index (κ3) is 2.11. The van der Waals surface area contributed by atoms with Crippen molar-refractivity contribution in [3.05, 3.63) is 56.4 Å². The van der Waals surface area contributed by atoms with E-state index in [0.717, 1.165) is 20.3 Å². The summed E-state index contributed by atoms with van der Waals surface area (Å²) in [5.41, 5.74) is 2.84. The number of hydrogen-bond donors (Lipinski definition) is 1. The first-order valence-corrected chi connectivity index (χ1v) is 7.23. The van der Waals surface area contributed by atoms with Crippen molar-refractivity contribution in [2.45, 2.75) is 13.0 Å². The Morgan fingerprint density at radius 1 is 1.28 bits per heavy atom. The maximum atomic E-state index is 10.3. The molecule has 0 spiro atoms. The largest absolute Gasteiger partial charge is 0.458 e. The number of benzene rings is 1. The molecule has 92 valence electrons. The van der Waals surface area contributed by atoms with E-state index < -0.39 is 6.10 Å². The molecule has 2 heterocycles. The first kappa shape index (κ1) is 12.0. The molecule has 0 fully saturated rings. The number of thiophene rings is 1. The van der Waals surface area contributed by atoms with E-state index in [1.54, 1.807) is 11.3 Å². The number of furan rings is 1. The molecule has 0 aliphatic rings. The predicted molar refractivity (Wildman–Crippen MR) is 77.0 cm³/mol. The van der Waals surface area contributed by atoms with Crippen LogP contribution in [0.2, 0.25) is 0 Å². The maximum absolute atomic E-state index is 10.3. The minimum atomic E-state index is -0.708. The van der Waals surface area contributed by atoms with Gasteiger partial charge in [-0.1, -0.05) is 11.6 Å². The Morgan fingerprint density at radius 2 is 2.11 bits per heavy atom. The molecule has 1 unspecified atom stereocenters. The van der Waals surface area contributed by atoms with E-state index in [9.17, 15) is 5.11 Å². The molecule has 18 heavy (non-hydrogen) atoms. The minimum absolute atomic E-state index is 0.584. The van der Waals surface area contributed by atoms with E-state index in [4.69, 9.17) is 4.42 Å². The first-order valence-electron chi connectivity index (χ1n) is 5.55. The van der Waals surface area contributed by atoms with Crippen LogP contribution >= 0.6 is 27.3 Å². The lowest BCUT2D eigenvalue weighted by Crippen LogP contribution is -1.95. The molecule has 0 amide bonds. The van der Waals surface area contributed by atoms with E-state index >= 15 is 0 Å². The van der Waals surface area contributed by atoms with Crippen LogP contribution in [0, 0.1) is 6.92 Å². The number of halogens is 1. The molecule has 3 aromatic rings. The second-order valence-corrected chi connectivity index (χ2v) is 6.57. The molecule has 0 bridgehead atoms. The molecule has 0 aliphatic carbocycles. The Morgan fingerprint density at radius 3 is 2.83 bits per heavy atom. The molecule has 1 aromatic carbocycles. The summed E-state index contributed by atoms with van der Waals surface area (Å²) in [6.07, 6.45) is -0.708. The second-order valence-electron chi connectivity index (χ2n) is 4.28. The second kappa shape index (κ2) is 4.53. The van der Waals surface area contributed by atoms with Gasteiger partial charge in [-0.05, 0) is 58.1 Å². The lowest BCUT2D eigenvalue weighted by molar-refractivity contribution is 0.192. The van der Waals surface area contributed by atoms with E-state index in [-0.39, 0.29) is 0 Å². The zero-order chi connectivity index (χ0) is 12.7. The van der Waals surface area contributed by atoms with Gasteiger partial charge in [-0.2, -0.15) is 0 Å². The maximum Gasteiger partial charge on any atom is 0.138 e. The van der Waals surface area contributed by atoms with E-state index in [2.05, 4.69) is 22.0 Å². The highest BCUT2D eigenvalue weighted by Crippen LogP contribution is 2.32.